The highest BCUT2D eigenvalue weighted by Crippen LogP contribution is 2.49. The number of carbonyl (C=O) groups is 1. The topological polar surface area (TPSA) is 37.4 Å². The summed E-state index contributed by atoms with van der Waals surface area (Å²) in [5.74, 6) is -0.137. The van der Waals surface area contributed by atoms with E-state index in [1.807, 2.05) is 0 Å². The highest BCUT2D eigenvalue weighted by atomic mass is 32.2. The van der Waals surface area contributed by atoms with E-state index >= 15 is 0 Å². The van der Waals surface area contributed by atoms with Crippen LogP contribution in [0.5, 0.6) is 0 Å². The number of carbonyl (C=O) groups excluding carboxylic acids is 1. The van der Waals surface area contributed by atoms with E-state index in [1.54, 1.807) is 11.9 Å². The van der Waals surface area contributed by atoms with Gasteiger partial charge in [-0.3, -0.25) is 9.00 Å². The Morgan fingerprint density at radius 3 is 2.64 bits per heavy atom. The SMILES string of the molecule is CN(C(=O)[C@@H]1C[C@H]1c1cc(F)ccc1F)C1CCS(=O)CC1. The molecule has 1 amide bonds. The number of hydrogen-bond donors (Lipinski definition) is 0. The van der Waals surface area contributed by atoms with Gasteiger partial charge in [-0.15, -0.1) is 0 Å². The van der Waals surface area contributed by atoms with Crippen LogP contribution in [-0.2, 0) is 15.6 Å². The Balaban J connectivity index is 1.65. The smallest absolute Gasteiger partial charge is 0.226 e. The number of rotatable bonds is 3. The maximum absolute atomic E-state index is 13.8. The third-order valence-electron chi connectivity index (χ3n) is 4.72. The Morgan fingerprint density at radius 1 is 1.27 bits per heavy atom. The molecule has 1 saturated heterocycles. The van der Waals surface area contributed by atoms with Crippen LogP contribution in [0.1, 0.15) is 30.7 Å². The summed E-state index contributed by atoms with van der Waals surface area (Å²) in [5, 5.41) is 0. The van der Waals surface area contributed by atoms with Gasteiger partial charge in [-0.05, 0) is 48.9 Å². The monoisotopic (exact) mass is 327 g/mol. The van der Waals surface area contributed by atoms with Crippen LogP contribution in [0.3, 0.4) is 0 Å². The van der Waals surface area contributed by atoms with Crippen molar-refractivity contribution in [1.82, 2.24) is 4.90 Å². The predicted octanol–water partition coefficient (Wildman–Crippen LogP) is 2.44. The second kappa shape index (κ2) is 6.07. The zero-order valence-corrected chi connectivity index (χ0v) is 13.2. The first-order valence-corrected chi connectivity index (χ1v) is 9.02. The van der Waals surface area contributed by atoms with Gasteiger partial charge in [-0.25, -0.2) is 8.78 Å². The van der Waals surface area contributed by atoms with Gasteiger partial charge in [0.2, 0.25) is 5.91 Å². The molecule has 1 saturated carbocycles. The van der Waals surface area contributed by atoms with Crippen molar-refractivity contribution in [3.8, 4) is 0 Å². The number of halogens is 2. The third-order valence-corrected chi connectivity index (χ3v) is 6.10. The molecule has 1 aliphatic heterocycles. The lowest BCUT2D eigenvalue weighted by atomic mass is 10.1. The first-order chi connectivity index (χ1) is 10.5. The fourth-order valence-corrected chi connectivity index (χ4v) is 4.49. The van der Waals surface area contributed by atoms with Gasteiger partial charge in [0.15, 0.2) is 0 Å². The van der Waals surface area contributed by atoms with Gasteiger partial charge in [0.05, 0.1) is 0 Å². The van der Waals surface area contributed by atoms with Crippen molar-refractivity contribution < 1.29 is 17.8 Å². The van der Waals surface area contributed by atoms with E-state index in [-0.39, 0.29) is 23.8 Å². The number of nitrogens with zero attached hydrogens (tertiary/aromatic N) is 1. The van der Waals surface area contributed by atoms with Gasteiger partial charge < -0.3 is 4.90 Å². The molecule has 1 aromatic carbocycles. The van der Waals surface area contributed by atoms with E-state index in [4.69, 9.17) is 0 Å². The van der Waals surface area contributed by atoms with Crippen LogP contribution in [0.15, 0.2) is 18.2 Å². The van der Waals surface area contributed by atoms with Crippen molar-refractivity contribution in [2.24, 2.45) is 5.92 Å². The molecular weight excluding hydrogens is 308 g/mol. The van der Waals surface area contributed by atoms with Crippen LogP contribution in [0, 0.1) is 17.6 Å². The van der Waals surface area contributed by atoms with E-state index in [0.717, 1.165) is 25.0 Å². The van der Waals surface area contributed by atoms with Gasteiger partial charge >= 0.3 is 0 Å². The summed E-state index contributed by atoms with van der Waals surface area (Å²) in [7, 11) is 1.01. The molecule has 2 aliphatic rings. The zero-order valence-electron chi connectivity index (χ0n) is 12.4. The van der Waals surface area contributed by atoms with E-state index in [9.17, 15) is 17.8 Å². The zero-order chi connectivity index (χ0) is 15.9. The third kappa shape index (κ3) is 3.07. The van der Waals surface area contributed by atoms with E-state index in [2.05, 4.69) is 0 Å². The molecule has 0 aromatic heterocycles. The second-order valence-electron chi connectivity index (χ2n) is 6.14. The van der Waals surface area contributed by atoms with E-state index in [1.165, 1.54) is 6.07 Å². The minimum Gasteiger partial charge on any atom is -0.342 e. The number of amides is 1. The van der Waals surface area contributed by atoms with Crippen molar-refractivity contribution in [1.29, 1.82) is 0 Å². The number of hydrogen-bond acceptors (Lipinski definition) is 2. The van der Waals surface area contributed by atoms with E-state index < -0.39 is 22.4 Å². The van der Waals surface area contributed by atoms with Crippen LogP contribution in [0.4, 0.5) is 8.78 Å². The lowest BCUT2D eigenvalue weighted by Gasteiger charge is -2.31. The van der Waals surface area contributed by atoms with Crippen LogP contribution < -0.4 is 0 Å². The molecule has 1 aliphatic carbocycles. The largest absolute Gasteiger partial charge is 0.342 e. The first kappa shape index (κ1) is 15.6. The van der Waals surface area contributed by atoms with Crippen molar-refractivity contribution in [3.05, 3.63) is 35.4 Å². The Bertz CT molecular complexity index is 612. The average molecular weight is 327 g/mol. The summed E-state index contributed by atoms with van der Waals surface area (Å²) in [6.45, 7) is 0. The van der Waals surface area contributed by atoms with Crippen molar-refractivity contribution in [2.75, 3.05) is 18.6 Å². The molecule has 120 valence electrons. The van der Waals surface area contributed by atoms with Gasteiger partial charge in [0.1, 0.15) is 11.6 Å². The van der Waals surface area contributed by atoms with Crippen LogP contribution in [0.2, 0.25) is 0 Å². The molecule has 0 N–H and O–H groups in total. The van der Waals surface area contributed by atoms with Crippen LogP contribution in [-0.4, -0.2) is 39.6 Å². The molecule has 1 aromatic rings. The summed E-state index contributed by atoms with van der Waals surface area (Å²) in [4.78, 5) is 14.2. The van der Waals surface area contributed by atoms with E-state index in [0.29, 0.717) is 23.5 Å². The van der Waals surface area contributed by atoms with Gasteiger partial charge in [0, 0.05) is 41.3 Å². The molecule has 22 heavy (non-hydrogen) atoms. The molecule has 1 heterocycles. The molecule has 0 unspecified atom stereocenters. The summed E-state index contributed by atoms with van der Waals surface area (Å²) in [6.07, 6.45) is 2.07. The molecule has 6 heteroatoms. The molecule has 3 rings (SSSR count). The Hall–Kier alpha value is -1.30. The fourth-order valence-electron chi connectivity index (χ4n) is 3.22. The van der Waals surface area contributed by atoms with Crippen molar-refractivity contribution >= 4 is 16.7 Å². The Labute approximate surface area is 131 Å². The summed E-state index contributed by atoms with van der Waals surface area (Å²) in [5.41, 5.74) is 0.302. The van der Waals surface area contributed by atoms with Crippen LogP contribution in [0.25, 0.3) is 0 Å². The summed E-state index contributed by atoms with van der Waals surface area (Å²) >= 11 is 0. The lowest BCUT2D eigenvalue weighted by molar-refractivity contribution is -0.133. The molecule has 2 atom stereocenters. The molecular formula is C16H19F2NO2S. The normalized spacial score (nSPS) is 30.9. The quantitative estimate of drug-likeness (QED) is 0.855. The van der Waals surface area contributed by atoms with Crippen molar-refractivity contribution in [3.63, 3.8) is 0 Å². The average Bonchev–Trinajstić information content (AvgIpc) is 3.29. The maximum Gasteiger partial charge on any atom is 0.226 e. The maximum atomic E-state index is 13.8. The predicted molar refractivity (Wildman–Crippen MR) is 80.9 cm³/mol. The minimum atomic E-state index is -0.757. The standard InChI is InChI=1S/C16H19F2NO2S/c1-19(11-4-6-22(21)7-5-11)16(20)14-9-12(14)13-8-10(17)2-3-15(13)18/h2-3,8,11-12,14H,4-7,9H2,1H3/t11?,12-,14+,22?/m0/s1. The van der Waals surface area contributed by atoms with Gasteiger partial charge in [0.25, 0.3) is 0 Å². The second-order valence-corrected chi connectivity index (χ2v) is 7.84. The molecule has 2 fully saturated rings. The Kier molecular flexibility index (Phi) is 4.30. The molecule has 0 spiro atoms. The fraction of sp³-hybridized carbons (Fsp3) is 0.562. The minimum absolute atomic E-state index is 0.00802. The summed E-state index contributed by atoms with van der Waals surface area (Å²) in [6, 6.07) is 3.51. The van der Waals surface area contributed by atoms with Gasteiger partial charge in [-0.2, -0.15) is 0 Å². The highest BCUT2D eigenvalue weighted by molar-refractivity contribution is 7.85. The highest BCUT2D eigenvalue weighted by Gasteiger charge is 2.47. The number of benzene rings is 1. The molecule has 0 radical (unpaired) electrons. The Morgan fingerprint density at radius 2 is 1.95 bits per heavy atom. The molecule has 0 bridgehead atoms. The van der Waals surface area contributed by atoms with Crippen molar-refractivity contribution in [2.45, 2.75) is 31.2 Å². The lowest BCUT2D eigenvalue weighted by Crippen LogP contribution is -2.42. The van der Waals surface area contributed by atoms with Crippen LogP contribution >= 0.6 is 0 Å². The van der Waals surface area contributed by atoms with Gasteiger partial charge in [-0.1, -0.05) is 0 Å². The molecule has 3 nitrogen and oxygen atoms in total. The summed E-state index contributed by atoms with van der Waals surface area (Å²) < 4.78 is 38.4. The first-order valence-electron chi connectivity index (χ1n) is 7.54.